The van der Waals surface area contributed by atoms with Crippen molar-refractivity contribution in [2.45, 2.75) is 185 Å². The topological polar surface area (TPSA) is 180 Å². The Bertz CT molecular complexity index is 1140. The molecule has 0 aromatic heterocycles. The van der Waals surface area contributed by atoms with Crippen molar-refractivity contribution in [3.8, 4) is 0 Å². The van der Waals surface area contributed by atoms with Crippen LogP contribution in [0.15, 0.2) is 0 Å². The fourth-order valence-corrected chi connectivity index (χ4v) is 8.74. The van der Waals surface area contributed by atoms with Crippen LogP contribution in [0.3, 0.4) is 0 Å². The summed E-state index contributed by atoms with van der Waals surface area (Å²) in [5.74, 6) is -2.58. The Morgan fingerprint density at radius 3 is 2.12 bits per heavy atom. The highest BCUT2D eigenvalue weighted by atomic mass is 16.7. The molecule has 3 aliphatic rings. The molecule has 5 N–H and O–H groups in total. The molecule has 14 heteroatoms. The summed E-state index contributed by atoms with van der Waals surface area (Å²) in [6, 6.07) is -0.808. The number of likely N-dealkylation sites (N-methyl/N-ethyl adjacent to an activating group) is 2. The van der Waals surface area contributed by atoms with Crippen molar-refractivity contribution >= 4 is 5.97 Å². The Balaban J connectivity index is 2.17. The molecular formula is C38H72N2O12. The molecule has 3 fully saturated rings. The van der Waals surface area contributed by atoms with E-state index in [0.717, 1.165) is 0 Å². The lowest BCUT2D eigenvalue weighted by molar-refractivity contribution is -0.318. The highest BCUT2D eigenvalue weighted by molar-refractivity contribution is 5.73. The molecule has 0 bridgehead atoms. The molecule has 0 saturated carbocycles. The first-order valence-electron chi connectivity index (χ1n) is 19.1. The summed E-state index contributed by atoms with van der Waals surface area (Å²) in [6.45, 7) is 18.0. The molecule has 0 spiro atoms. The van der Waals surface area contributed by atoms with Crippen LogP contribution in [0, 0.1) is 17.8 Å². The highest BCUT2D eigenvalue weighted by Gasteiger charge is 2.52. The first-order chi connectivity index (χ1) is 23.9. The Labute approximate surface area is 312 Å². The minimum absolute atomic E-state index is 0.133. The Hall–Kier alpha value is -1.01. The molecular weight excluding hydrogens is 676 g/mol. The van der Waals surface area contributed by atoms with Crippen molar-refractivity contribution < 1.29 is 58.7 Å². The summed E-state index contributed by atoms with van der Waals surface area (Å²) in [5, 5.41) is 58.1. The number of carbonyl (C=O) groups excluding carboxylic acids is 1. The monoisotopic (exact) mass is 749 g/mol. The van der Waals surface area contributed by atoms with Gasteiger partial charge in [-0.1, -0.05) is 20.8 Å². The maximum absolute atomic E-state index is 14.2. The number of aliphatic hydroxyl groups is 5. The number of nitrogens with zero attached hydrogens (tertiary/aromatic N) is 2. The number of methoxy groups -OCH3 is 1. The van der Waals surface area contributed by atoms with E-state index in [1.807, 2.05) is 51.7 Å². The largest absolute Gasteiger partial charge is 0.459 e. The fourth-order valence-electron chi connectivity index (χ4n) is 8.74. The predicted octanol–water partition coefficient (Wildman–Crippen LogP) is 1.90. The second-order valence-electron chi connectivity index (χ2n) is 17.2. The molecule has 52 heavy (non-hydrogen) atoms. The number of rotatable bonds is 7. The second kappa shape index (κ2) is 17.8. The van der Waals surface area contributed by atoms with Gasteiger partial charge in [-0.15, -0.1) is 0 Å². The van der Waals surface area contributed by atoms with E-state index < -0.39 is 96.0 Å². The molecule has 3 saturated heterocycles. The van der Waals surface area contributed by atoms with Crippen LogP contribution in [-0.4, -0.2) is 166 Å². The van der Waals surface area contributed by atoms with Crippen LogP contribution < -0.4 is 0 Å². The summed E-state index contributed by atoms with van der Waals surface area (Å²) in [6.07, 6.45) is -8.19. The van der Waals surface area contributed by atoms with Crippen molar-refractivity contribution in [1.29, 1.82) is 0 Å². The lowest BCUT2D eigenvalue weighted by atomic mass is 9.77. The third-order valence-electron chi connectivity index (χ3n) is 12.2. The Kier molecular flexibility index (Phi) is 15.6. The average Bonchev–Trinajstić information content (AvgIpc) is 3.05. The summed E-state index contributed by atoms with van der Waals surface area (Å²) < 4.78 is 37.5. The van der Waals surface area contributed by atoms with Gasteiger partial charge in [0, 0.05) is 38.1 Å². The van der Waals surface area contributed by atoms with E-state index in [0.29, 0.717) is 13.0 Å². The Morgan fingerprint density at radius 2 is 1.56 bits per heavy atom. The number of cyclic esters (lactones) is 1. The minimum Gasteiger partial charge on any atom is -0.459 e. The van der Waals surface area contributed by atoms with Crippen LogP contribution in [0.4, 0.5) is 0 Å². The molecule has 306 valence electrons. The zero-order valence-corrected chi connectivity index (χ0v) is 34.2. The van der Waals surface area contributed by atoms with E-state index in [1.165, 1.54) is 14.0 Å². The fraction of sp³-hybridized carbons (Fsp3) is 0.974. The zero-order chi connectivity index (χ0) is 39.7. The van der Waals surface area contributed by atoms with Gasteiger partial charge in [0.25, 0.3) is 0 Å². The van der Waals surface area contributed by atoms with Crippen LogP contribution in [0.25, 0.3) is 0 Å². The van der Waals surface area contributed by atoms with E-state index in [9.17, 15) is 30.3 Å². The molecule has 0 aromatic carbocycles. The van der Waals surface area contributed by atoms with E-state index in [4.69, 9.17) is 28.4 Å². The normalized spacial score (nSPS) is 49.6. The molecule has 0 amide bonds. The maximum atomic E-state index is 14.2. The van der Waals surface area contributed by atoms with Crippen molar-refractivity contribution in [2.24, 2.45) is 17.8 Å². The van der Waals surface area contributed by atoms with Gasteiger partial charge in [0.15, 0.2) is 12.6 Å². The van der Waals surface area contributed by atoms with Gasteiger partial charge >= 0.3 is 5.97 Å². The molecule has 1 unspecified atom stereocenters. The van der Waals surface area contributed by atoms with Gasteiger partial charge in [-0.25, -0.2) is 0 Å². The van der Waals surface area contributed by atoms with Gasteiger partial charge in [-0.3, -0.25) is 4.79 Å². The van der Waals surface area contributed by atoms with E-state index in [2.05, 4.69) is 0 Å². The number of carbonyl (C=O) groups is 1. The molecule has 18 atom stereocenters. The Morgan fingerprint density at radius 1 is 0.942 bits per heavy atom. The number of hydrogen-bond donors (Lipinski definition) is 5. The quantitative estimate of drug-likeness (QED) is 0.238. The van der Waals surface area contributed by atoms with Gasteiger partial charge in [-0.05, 0) is 94.8 Å². The average molecular weight is 749 g/mol. The smallest absolute Gasteiger partial charge is 0.311 e. The van der Waals surface area contributed by atoms with Crippen molar-refractivity contribution in [2.75, 3.05) is 34.8 Å². The SMILES string of the molecule is CC[C@@H]1OC(=O)[C@@H](C)[C@H](O[C@@H]2C[C@](C)(OC)[C@H](O)[C@@H](C)O2)[C@@H](C)C(O[C@H]2O[C@@H](C)C[C@@H](N(C)C)[C@@H]2O)[C@@](C)(O)C[C@H](C)CN(C)[C@@H](C)[C@H](O)[C@@]1(C)O. The van der Waals surface area contributed by atoms with Gasteiger partial charge < -0.3 is 63.8 Å². The van der Waals surface area contributed by atoms with Crippen molar-refractivity contribution in [3.63, 3.8) is 0 Å². The summed E-state index contributed by atoms with van der Waals surface area (Å²) in [5.41, 5.74) is -4.37. The molecule has 3 aliphatic heterocycles. The maximum Gasteiger partial charge on any atom is 0.311 e. The van der Waals surface area contributed by atoms with Crippen LogP contribution in [0.5, 0.6) is 0 Å². The molecule has 14 nitrogen and oxygen atoms in total. The third kappa shape index (κ3) is 10.0. The lowest BCUT2D eigenvalue weighted by Crippen LogP contribution is -2.60. The third-order valence-corrected chi connectivity index (χ3v) is 12.2. The number of ether oxygens (including phenoxy) is 6. The minimum atomic E-state index is -1.80. The van der Waals surface area contributed by atoms with Crippen molar-refractivity contribution in [1.82, 2.24) is 9.80 Å². The molecule has 3 rings (SSSR count). The lowest BCUT2D eigenvalue weighted by Gasteiger charge is -2.48. The van der Waals surface area contributed by atoms with Gasteiger partial charge in [0.05, 0.1) is 41.5 Å². The summed E-state index contributed by atoms with van der Waals surface area (Å²) in [7, 11) is 7.12. The van der Waals surface area contributed by atoms with Gasteiger partial charge in [-0.2, -0.15) is 0 Å². The van der Waals surface area contributed by atoms with Crippen LogP contribution in [0.2, 0.25) is 0 Å². The van der Waals surface area contributed by atoms with Crippen LogP contribution in [-0.2, 0) is 33.2 Å². The number of hydrogen-bond acceptors (Lipinski definition) is 14. The summed E-state index contributed by atoms with van der Waals surface area (Å²) >= 11 is 0. The van der Waals surface area contributed by atoms with E-state index in [-0.39, 0.29) is 37.3 Å². The summed E-state index contributed by atoms with van der Waals surface area (Å²) in [4.78, 5) is 18.0. The zero-order valence-electron chi connectivity index (χ0n) is 34.2. The van der Waals surface area contributed by atoms with Crippen LogP contribution in [0.1, 0.15) is 94.9 Å². The van der Waals surface area contributed by atoms with Crippen molar-refractivity contribution in [3.05, 3.63) is 0 Å². The first-order valence-corrected chi connectivity index (χ1v) is 19.1. The molecule has 0 radical (unpaired) electrons. The standard InChI is InChI=1S/C38H72N2O12/c1-15-27-38(10,46)31(42)24(6)40(13)19-20(2)17-36(8,45)33(52-35-29(41)26(39(11)12)16-21(3)48-35)22(4)30(23(5)34(44)50-27)51-28-18-37(9,47-14)32(43)25(7)49-28/h20-33,35,41-43,45-46H,15-19H2,1-14H3/t20-,21-,22+,23-,24-,25+,26+,27-,28+,29-,30+,31-,32+,33?,35+,36-,37-,38-/m0/s1. The van der Waals surface area contributed by atoms with E-state index in [1.54, 1.807) is 41.5 Å². The van der Waals surface area contributed by atoms with Crippen LogP contribution >= 0.6 is 0 Å². The predicted molar refractivity (Wildman–Crippen MR) is 194 cm³/mol. The number of esters is 1. The highest BCUT2D eigenvalue weighted by Crippen LogP contribution is 2.40. The van der Waals surface area contributed by atoms with Gasteiger partial charge in [0.2, 0.25) is 0 Å². The molecule has 0 aromatic rings. The molecule has 0 aliphatic carbocycles. The van der Waals surface area contributed by atoms with E-state index >= 15 is 0 Å². The second-order valence-corrected chi connectivity index (χ2v) is 17.2. The van der Waals surface area contributed by atoms with Gasteiger partial charge in [0.1, 0.15) is 30.0 Å². The first kappa shape index (κ1) is 45.4. The number of aliphatic hydroxyl groups excluding tert-OH is 3. The molecule has 3 heterocycles.